The van der Waals surface area contributed by atoms with Crippen molar-refractivity contribution in [2.75, 3.05) is 5.75 Å². The Hall–Kier alpha value is -1.10. The standard InChI is InChI=1S/C10H9F3OS/c1-2-7-15(14)9-6-4-3-5-8(9)10(11,12)13/h2-6H,1,7H2/t15-/m1/s1. The highest BCUT2D eigenvalue weighted by atomic mass is 32.2. The van der Waals surface area contributed by atoms with Gasteiger partial charge in [0.05, 0.1) is 21.3 Å². The number of alkyl halides is 3. The maximum absolute atomic E-state index is 12.5. The second-order valence-electron chi connectivity index (χ2n) is 2.79. The Morgan fingerprint density at radius 1 is 1.33 bits per heavy atom. The Balaban J connectivity index is 3.18. The lowest BCUT2D eigenvalue weighted by atomic mass is 10.2. The van der Waals surface area contributed by atoms with Crippen LogP contribution in [0.1, 0.15) is 5.56 Å². The number of benzene rings is 1. The Bertz CT molecular complexity index is 384. The minimum absolute atomic E-state index is 0.0209. The topological polar surface area (TPSA) is 17.1 Å². The van der Waals surface area contributed by atoms with E-state index in [1.807, 2.05) is 0 Å². The van der Waals surface area contributed by atoms with E-state index in [-0.39, 0.29) is 10.6 Å². The van der Waals surface area contributed by atoms with Crippen LogP contribution < -0.4 is 0 Å². The molecule has 1 nitrogen and oxygen atoms in total. The highest BCUT2D eigenvalue weighted by molar-refractivity contribution is 7.85. The molecule has 0 saturated heterocycles. The number of hydrogen-bond acceptors (Lipinski definition) is 1. The van der Waals surface area contributed by atoms with Gasteiger partial charge in [0.1, 0.15) is 0 Å². The Labute approximate surface area is 88.1 Å². The van der Waals surface area contributed by atoms with Crippen molar-refractivity contribution in [2.24, 2.45) is 0 Å². The van der Waals surface area contributed by atoms with Crippen molar-refractivity contribution in [2.45, 2.75) is 11.1 Å². The second kappa shape index (κ2) is 4.61. The van der Waals surface area contributed by atoms with Crippen molar-refractivity contribution in [1.29, 1.82) is 0 Å². The van der Waals surface area contributed by atoms with E-state index in [0.29, 0.717) is 0 Å². The van der Waals surface area contributed by atoms with Crippen LogP contribution in [0.5, 0.6) is 0 Å². The molecule has 0 aliphatic heterocycles. The molecule has 1 aromatic rings. The predicted molar refractivity (Wildman–Crippen MR) is 52.9 cm³/mol. The summed E-state index contributed by atoms with van der Waals surface area (Å²) in [6, 6.07) is 4.86. The van der Waals surface area contributed by atoms with Gasteiger partial charge in [-0.2, -0.15) is 13.2 Å². The molecule has 0 unspecified atom stereocenters. The monoisotopic (exact) mass is 234 g/mol. The number of hydrogen-bond donors (Lipinski definition) is 0. The van der Waals surface area contributed by atoms with Gasteiger partial charge in [-0.05, 0) is 12.1 Å². The van der Waals surface area contributed by atoms with Gasteiger partial charge in [0.15, 0.2) is 0 Å². The van der Waals surface area contributed by atoms with E-state index in [0.717, 1.165) is 6.07 Å². The van der Waals surface area contributed by atoms with Crippen LogP contribution in [-0.2, 0) is 17.0 Å². The van der Waals surface area contributed by atoms with Crippen molar-refractivity contribution < 1.29 is 17.4 Å². The molecule has 0 bridgehead atoms. The first-order valence-electron chi connectivity index (χ1n) is 4.12. The van der Waals surface area contributed by atoms with E-state index < -0.39 is 22.5 Å². The zero-order valence-electron chi connectivity index (χ0n) is 7.75. The lowest BCUT2D eigenvalue weighted by Gasteiger charge is -2.11. The highest BCUT2D eigenvalue weighted by Crippen LogP contribution is 2.33. The van der Waals surface area contributed by atoms with Crippen LogP contribution in [0, 0.1) is 0 Å². The van der Waals surface area contributed by atoms with E-state index in [1.165, 1.54) is 24.3 Å². The van der Waals surface area contributed by atoms with E-state index in [1.54, 1.807) is 0 Å². The van der Waals surface area contributed by atoms with Crippen LogP contribution in [0.4, 0.5) is 13.2 Å². The molecular weight excluding hydrogens is 225 g/mol. The van der Waals surface area contributed by atoms with Gasteiger partial charge in [0.2, 0.25) is 0 Å². The van der Waals surface area contributed by atoms with Crippen molar-refractivity contribution >= 4 is 10.8 Å². The minimum atomic E-state index is -4.46. The zero-order chi connectivity index (χ0) is 11.5. The van der Waals surface area contributed by atoms with Crippen LogP contribution in [0.3, 0.4) is 0 Å². The summed E-state index contributed by atoms with van der Waals surface area (Å²) in [4.78, 5) is -0.190. The highest BCUT2D eigenvalue weighted by Gasteiger charge is 2.34. The van der Waals surface area contributed by atoms with Crippen molar-refractivity contribution in [3.8, 4) is 0 Å². The van der Waals surface area contributed by atoms with Crippen LogP contribution in [0.2, 0.25) is 0 Å². The van der Waals surface area contributed by atoms with E-state index in [2.05, 4.69) is 6.58 Å². The molecule has 1 rings (SSSR count). The molecule has 0 saturated carbocycles. The molecule has 0 aliphatic carbocycles. The summed E-state index contributed by atoms with van der Waals surface area (Å²) in [6.45, 7) is 3.34. The minimum Gasteiger partial charge on any atom is -0.254 e. The molecule has 1 aromatic carbocycles. The number of rotatable bonds is 3. The van der Waals surface area contributed by atoms with Gasteiger partial charge >= 0.3 is 6.18 Å². The molecule has 0 aliphatic rings. The molecule has 82 valence electrons. The molecule has 0 amide bonds. The molecule has 0 radical (unpaired) electrons. The fourth-order valence-corrected chi connectivity index (χ4v) is 2.15. The van der Waals surface area contributed by atoms with Gasteiger partial charge in [-0.25, -0.2) is 0 Å². The second-order valence-corrected chi connectivity index (χ2v) is 4.26. The van der Waals surface area contributed by atoms with Crippen LogP contribution in [0.15, 0.2) is 41.8 Å². The smallest absolute Gasteiger partial charge is 0.254 e. The molecule has 15 heavy (non-hydrogen) atoms. The molecule has 0 N–H and O–H groups in total. The average Bonchev–Trinajstić information content (AvgIpc) is 2.17. The molecule has 0 heterocycles. The predicted octanol–water partition coefficient (Wildman–Crippen LogP) is 3.00. The lowest BCUT2D eigenvalue weighted by molar-refractivity contribution is -0.139. The summed E-state index contributed by atoms with van der Waals surface area (Å²) < 4.78 is 48.9. The third kappa shape index (κ3) is 2.92. The average molecular weight is 234 g/mol. The van der Waals surface area contributed by atoms with Crippen LogP contribution >= 0.6 is 0 Å². The maximum Gasteiger partial charge on any atom is 0.417 e. The summed E-state index contributed by atoms with van der Waals surface area (Å²) in [6.07, 6.45) is -3.13. The molecule has 5 heteroatoms. The molecular formula is C10H9F3OS. The van der Waals surface area contributed by atoms with Crippen LogP contribution in [-0.4, -0.2) is 9.96 Å². The van der Waals surface area contributed by atoms with Crippen molar-refractivity contribution in [3.05, 3.63) is 42.5 Å². The first-order valence-corrected chi connectivity index (χ1v) is 5.44. The van der Waals surface area contributed by atoms with E-state index in [9.17, 15) is 17.4 Å². The first kappa shape index (κ1) is 12.0. The molecule has 0 aromatic heterocycles. The van der Waals surface area contributed by atoms with Gasteiger partial charge in [-0.3, -0.25) is 4.21 Å². The lowest BCUT2D eigenvalue weighted by Crippen LogP contribution is -2.10. The Morgan fingerprint density at radius 2 is 1.93 bits per heavy atom. The van der Waals surface area contributed by atoms with Crippen LogP contribution in [0.25, 0.3) is 0 Å². The van der Waals surface area contributed by atoms with Crippen molar-refractivity contribution in [1.82, 2.24) is 0 Å². The van der Waals surface area contributed by atoms with Gasteiger partial charge < -0.3 is 0 Å². The van der Waals surface area contributed by atoms with Crippen molar-refractivity contribution in [3.63, 3.8) is 0 Å². The maximum atomic E-state index is 12.5. The Kier molecular flexibility index (Phi) is 3.68. The summed E-state index contributed by atoms with van der Waals surface area (Å²) in [5, 5.41) is 0. The quantitative estimate of drug-likeness (QED) is 0.735. The summed E-state index contributed by atoms with van der Waals surface area (Å²) in [5.74, 6) is 0.0209. The normalized spacial score (nSPS) is 13.5. The number of halogens is 3. The molecule has 1 atom stereocenters. The first-order chi connectivity index (χ1) is 6.96. The summed E-state index contributed by atoms with van der Waals surface area (Å²) in [5.41, 5.74) is -0.842. The molecule has 0 spiro atoms. The fraction of sp³-hybridized carbons (Fsp3) is 0.200. The summed E-state index contributed by atoms with van der Waals surface area (Å²) in [7, 11) is -1.68. The van der Waals surface area contributed by atoms with E-state index >= 15 is 0 Å². The third-order valence-electron chi connectivity index (χ3n) is 1.71. The van der Waals surface area contributed by atoms with Gasteiger partial charge in [-0.1, -0.05) is 18.2 Å². The fourth-order valence-electron chi connectivity index (χ4n) is 1.10. The Morgan fingerprint density at radius 3 is 2.47 bits per heavy atom. The third-order valence-corrected chi connectivity index (χ3v) is 3.09. The summed E-state index contributed by atoms with van der Waals surface area (Å²) >= 11 is 0. The molecule has 0 fully saturated rings. The van der Waals surface area contributed by atoms with Gasteiger partial charge in [0, 0.05) is 5.75 Å². The largest absolute Gasteiger partial charge is 0.417 e. The van der Waals surface area contributed by atoms with Gasteiger partial charge in [-0.15, -0.1) is 6.58 Å². The zero-order valence-corrected chi connectivity index (χ0v) is 8.57. The van der Waals surface area contributed by atoms with E-state index in [4.69, 9.17) is 0 Å². The van der Waals surface area contributed by atoms with Gasteiger partial charge in [0.25, 0.3) is 0 Å². The SMILES string of the molecule is C=CC[S@@](=O)c1ccccc1C(F)(F)F.